The summed E-state index contributed by atoms with van der Waals surface area (Å²) in [6.45, 7) is 2.07. The first-order valence-electron chi connectivity index (χ1n) is 5.70. The zero-order chi connectivity index (χ0) is 13.0. The Bertz CT molecular complexity index is 582. The molecule has 0 amide bonds. The lowest BCUT2D eigenvalue weighted by Crippen LogP contribution is -1.91. The number of thiocarbonyl (C=S) groups is 1. The largest absolute Gasteiger partial charge is 0.0795 e. The molecule has 90 valence electrons. The van der Waals surface area contributed by atoms with E-state index in [1.165, 1.54) is 5.56 Å². The minimum absolute atomic E-state index is 0.856. The maximum Gasteiger partial charge on any atom is 0.0449 e. The third-order valence-corrected chi connectivity index (χ3v) is 3.48. The standard InChI is InChI=1S/C16H13BrS/c1-12-5-8-14(9-6-12)16(18)10-7-13-3-2-4-15(17)11-13/h2-11H,1H3. The van der Waals surface area contributed by atoms with Crippen LogP contribution in [0.2, 0.25) is 0 Å². The summed E-state index contributed by atoms with van der Waals surface area (Å²) in [5.74, 6) is 0. The second kappa shape index (κ2) is 6.07. The smallest absolute Gasteiger partial charge is 0.0449 e. The van der Waals surface area contributed by atoms with Crippen LogP contribution >= 0.6 is 28.1 Å². The molecule has 0 aliphatic rings. The summed E-state index contributed by atoms with van der Waals surface area (Å²) in [5.41, 5.74) is 3.47. The Morgan fingerprint density at radius 3 is 2.50 bits per heavy atom. The summed E-state index contributed by atoms with van der Waals surface area (Å²) < 4.78 is 1.07. The summed E-state index contributed by atoms with van der Waals surface area (Å²) in [5, 5.41) is 0. The number of hydrogen-bond donors (Lipinski definition) is 0. The Morgan fingerprint density at radius 2 is 1.83 bits per heavy atom. The maximum absolute atomic E-state index is 5.40. The van der Waals surface area contributed by atoms with E-state index in [0.717, 1.165) is 20.5 Å². The fourth-order valence-corrected chi connectivity index (χ4v) is 2.22. The molecule has 0 nitrogen and oxygen atoms in total. The molecule has 18 heavy (non-hydrogen) atoms. The van der Waals surface area contributed by atoms with Gasteiger partial charge >= 0.3 is 0 Å². The minimum atomic E-state index is 0.856. The Morgan fingerprint density at radius 1 is 1.11 bits per heavy atom. The van der Waals surface area contributed by atoms with Gasteiger partial charge in [-0.25, -0.2) is 0 Å². The second-order valence-corrected chi connectivity index (χ2v) is 5.47. The van der Waals surface area contributed by atoms with Crippen molar-refractivity contribution in [2.45, 2.75) is 6.92 Å². The molecule has 0 radical (unpaired) electrons. The highest BCUT2D eigenvalue weighted by atomic mass is 79.9. The van der Waals surface area contributed by atoms with E-state index in [1.54, 1.807) is 0 Å². The van der Waals surface area contributed by atoms with Crippen LogP contribution < -0.4 is 0 Å². The van der Waals surface area contributed by atoms with E-state index in [-0.39, 0.29) is 0 Å². The van der Waals surface area contributed by atoms with Crippen molar-refractivity contribution < 1.29 is 0 Å². The highest BCUT2D eigenvalue weighted by molar-refractivity contribution is 9.10. The molecular formula is C16H13BrS. The zero-order valence-corrected chi connectivity index (χ0v) is 12.5. The SMILES string of the molecule is Cc1ccc(C(=S)C=Cc2cccc(Br)c2)cc1. The average Bonchev–Trinajstić information content (AvgIpc) is 2.37. The molecule has 0 fully saturated rings. The lowest BCUT2D eigenvalue weighted by atomic mass is 10.1. The second-order valence-electron chi connectivity index (χ2n) is 4.12. The van der Waals surface area contributed by atoms with Gasteiger partial charge in [-0.05, 0) is 36.3 Å². The number of aryl methyl sites for hydroxylation is 1. The van der Waals surface area contributed by atoms with E-state index in [9.17, 15) is 0 Å². The highest BCUT2D eigenvalue weighted by Gasteiger charge is 1.96. The van der Waals surface area contributed by atoms with E-state index >= 15 is 0 Å². The Labute approximate surface area is 121 Å². The third kappa shape index (κ3) is 3.62. The molecule has 2 heteroatoms. The fourth-order valence-electron chi connectivity index (χ4n) is 1.60. The van der Waals surface area contributed by atoms with Crippen LogP contribution in [0.3, 0.4) is 0 Å². The molecule has 0 saturated heterocycles. The first-order chi connectivity index (χ1) is 8.65. The van der Waals surface area contributed by atoms with Gasteiger partial charge in [-0.3, -0.25) is 0 Å². The van der Waals surface area contributed by atoms with Crippen molar-refractivity contribution in [3.63, 3.8) is 0 Å². The summed E-state index contributed by atoms with van der Waals surface area (Å²) >= 11 is 8.85. The van der Waals surface area contributed by atoms with Crippen molar-refractivity contribution in [3.05, 3.63) is 75.8 Å². The van der Waals surface area contributed by atoms with Crippen LogP contribution in [0.5, 0.6) is 0 Å². The maximum atomic E-state index is 5.40. The van der Waals surface area contributed by atoms with Gasteiger partial charge in [-0.15, -0.1) is 0 Å². The summed E-state index contributed by atoms with van der Waals surface area (Å²) in [7, 11) is 0. The van der Waals surface area contributed by atoms with E-state index in [0.29, 0.717) is 0 Å². The topological polar surface area (TPSA) is 0 Å². The number of rotatable bonds is 3. The van der Waals surface area contributed by atoms with Crippen molar-refractivity contribution in [2.24, 2.45) is 0 Å². The lowest BCUT2D eigenvalue weighted by molar-refractivity contribution is 1.47. The van der Waals surface area contributed by atoms with Crippen LogP contribution in [0.4, 0.5) is 0 Å². The molecule has 0 aliphatic heterocycles. The highest BCUT2D eigenvalue weighted by Crippen LogP contribution is 2.13. The van der Waals surface area contributed by atoms with Crippen molar-refractivity contribution >= 4 is 39.1 Å². The normalized spacial score (nSPS) is 10.8. The number of benzene rings is 2. The van der Waals surface area contributed by atoms with Crippen LogP contribution in [0.1, 0.15) is 16.7 Å². The predicted octanol–water partition coefficient (Wildman–Crippen LogP) is 5.19. The Hall–Kier alpha value is -1.25. The van der Waals surface area contributed by atoms with Gasteiger partial charge in [0.2, 0.25) is 0 Å². The predicted molar refractivity (Wildman–Crippen MR) is 86.1 cm³/mol. The summed E-state index contributed by atoms with van der Waals surface area (Å²) in [6, 6.07) is 16.4. The molecule has 0 atom stereocenters. The molecule has 2 aromatic carbocycles. The number of halogens is 1. The van der Waals surface area contributed by atoms with Crippen LogP contribution in [0.25, 0.3) is 6.08 Å². The van der Waals surface area contributed by atoms with Gasteiger partial charge in [0.25, 0.3) is 0 Å². The number of hydrogen-bond acceptors (Lipinski definition) is 1. The van der Waals surface area contributed by atoms with Gasteiger partial charge in [-0.1, -0.05) is 76.2 Å². The first-order valence-corrected chi connectivity index (χ1v) is 6.90. The molecule has 0 heterocycles. The Kier molecular flexibility index (Phi) is 4.45. The van der Waals surface area contributed by atoms with Crippen LogP contribution in [-0.4, -0.2) is 4.86 Å². The molecule has 0 bridgehead atoms. The monoisotopic (exact) mass is 316 g/mol. The van der Waals surface area contributed by atoms with Gasteiger partial charge in [0.15, 0.2) is 0 Å². The van der Waals surface area contributed by atoms with Crippen LogP contribution in [0, 0.1) is 6.92 Å². The average molecular weight is 317 g/mol. The lowest BCUT2D eigenvalue weighted by Gasteiger charge is -1.99. The molecule has 0 aromatic heterocycles. The van der Waals surface area contributed by atoms with Gasteiger partial charge in [0.05, 0.1) is 0 Å². The molecule has 0 unspecified atom stereocenters. The van der Waals surface area contributed by atoms with Crippen molar-refractivity contribution in [1.82, 2.24) is 0 Å². The van der Waals surface area contributed by atoms with Crippen molar-refractivity contribution in [2.75, 3.05) is 0 Å². The Balaban J connectivity index is 2.14. The van der Waals surface area contributed by atoms with Crippen LogP contribution in [-0.2, 0) is 0 Å². The molecule has 2 aromatic rings. The molecule has 0 aliphatic carbocycles. The molecular weight excluding hydrogens is 304 g/mol. The van der Waals surface area contributed by atoms with Crippen molar-refractivity contribution in [3.8, 4) is 0 Å². The van der Waals surface area contributed by atoms with Crippen molar-refractivity contribution in [1.29, 1.82) is 0 Å². The zero-order valence-electron chi connectivity index (χ0n) is 10.1. The minimum Gasteiger partial charge on any atom is -0.0795 e. The van der Waals surface area contributed by atoms with Gasteiger partial charge < -0.3 is 0 Å². The number of allylic oxidation sites excluding steroid dienone is 1. The van der Waals surface area contributed by atoms with Gasteiger partial charge in [0.1, 0.15) is 0 Å². The molecule has 0 saturated carbocycles. The van der Waals surface area contributed by atoms with E-state index in [2.05, 4.69) is 59.3 Å². The summed E-state index contributed by atoms with van der Waals surface area (Å²) in [4.78, 5) is 0.856. The first kappa shape index (κ1) is 13.2. The third-order valence-electron chi connectivity index (χ3n) is 2.61. The van der Waals surface area contributed by atoms with E-state index < -0.39 is 0 Å². The quantitative estimate of drug-likeness (QED) is 0.426. The fraction of sp³-hybridized carbons (Fsp3) is 0.0625. The molecule has 2 rings (SSSR count). The van der Waals surface area contributed by atoms with Gasteiger partial charge in [-0.2, -0.15) is 0 Å². The van der Waals surface area contributed by atoms with E-state index in [1.807, 2.05) is 24.3 Å². The molecule has 0 N–H and O–H groups in total. The van der Waals surface area contributed by atoms with E-state index in [4.69, 9.17) is 12.2 Å². The van der Waals surface area contributed by atoms with Crippen LogP contribution in [0.15, 0.2) is 59.1 Å². The summed E-state index contributed by atoms with van der Waals surface area (Å²) in [6.07, 6.45) is 4.01. The van der Waals surface area contributed by atoms with Gasteiger partial charge in [0, 0.05) is 9.34 Å². The molecule has 0 spiro atoms.